The summed E-state index contributed by atoms with van der Waals surface area (Å²) < 4.78 is 37.0. The maximum Gasteiger partial charge on any atom is 0.266 e. The van der Waals surface area contributed by atoms with Crippen molar-refractivity contribution >= 4 is 27.4 Å². The van der Waals surface area contributed by atoms with Crippen molar-refractivity contribution in [2.75, 3.05) is 11.8 Å². The van der Waals surface area contributed by atoms with Crippen LogP contribution in [0.15, 0.2) is 27.6 Å². The van der Waals surface area contributed by atoms with Crippen LogP contribution < -0.4 is 9.46 Å². The van der Waals surface area contributed by atoms with Crippen molar-refractivity contribution in [2.45, 2.75) is 18.7 Å². The molecule has 0 radical (unpaired) electrons. The minimum atomic E-state index is -3.87. The second-order valence-corrected chi connectivity index (χ2v) is 6.27. The highest BCUT2D eigenvalue weighted by Gasteiger charge is 2.23. The van der Waals surface area contributed by atoms with Crippen molar-refractivity contribution in [1.29, 1.82) is 0 Å². The summed E-state index contributed by atoms with van der Waals surface area (Å²) in [5.41, 5.74) is 0.622. The molecule has 1 aromatic heterocycles. The molecule has 0 saturated carbocycles. The molecule has 0 amide bonds. The summed E-state index contributed by atoms with van der Waals surface area (Å²) >= 11 is 5.91. The number of hydrogen-bond donors (Lipinski definition) is 1. The fourth-order valence-corrected chi connectivity index (χ4v) is 3.36. The first-order valence-corrected chi connectivity index (χ1v) is 7.50. The molecule has 0 saturated heterocycles. The van der Waals surface area contributed by atoms with Gasteiger partial charge < -0.3 is 9.26 Å². The third-order valence-corrected chi connectivity index (χ3v) is 4.14. The summed E-state index contributed by atoms with van der Waals surface area (Å²) in [6.45, 7) is 3.37. The molecule has 2 rings (SSSR count). The van der Waals surface area contributed by atoms with Gasteiger partial charge in [0, 0.05) is 11.1 Å². The van der Waals surface area contributed by atoms with Crippen LogP contribution in [-0.4, -0.2) is 20.7 Å². The molecule has 1 heterocycles. The fraction of sp³-hybridized carbons (Fsp3) is 0.250. The second kappa shape index (κ2) is 5.34. The standard InChI is InChI=1S/C12H13ClN2O4S/c1-7-4-9(13)6-10(12(7)18-3)20(16,17)15-11-5-8(2)19-14-11/h4-6H,1-3H3,(H,14,15). The van der Waals surface area contributed by atoms with E-state index in [1.807, 2.05) is 0 Å². The van der Waals surface area contributed by atoms with Crippen molar-refractivity contribution in [3.05, 3.63) is 34.5 Å². The van der Waals surface area contributed by atoms with Crippen molar-refractivity contribution in [3.8, 4) is 5.75 Å². The van der Waals surface area contributed by atoms with E-state index >= 15 is 0 Å². The number of hydrogen-bond acceptors (Lipinski definition) is 5. The Morgan fingerprint density at radius 3 is 2.55 bits per heavy atom. The van der Waals surface area contributed by atoms with Crippen LogP contribution in [0.4, 0.5) is 5.82 Å². The molecule has 0 aliphatic heterocycles. The summed E-state index contributed by atoms with van der Waals surface area (Å²) in [7, 11) is -2.47. The van der Waals surface area contributed by atoms with Crippen molar-refractivity contribution in [2.24, 2.45) is 0 Å². The molecule has 108 valence electrons. The summed E-state index contributed by atoms with van der Waals surface area (Å²) in [5.74, 6) is 0.834. The van der Waals surface area contributed by atoms with Crippen LogP contribution in [0.5, 0.6) is 5.75 Å². The van der Waals surface area contributed by atoms with Crippen molar-refractivity contribution in [1.82, 2.24) is 5.16 Å². The zero-order valence-electron chi connectivity index (χ0n) is 11.1. The zero-order valence-corrected chi connectivity index (χ0v) is 12.7. The van der Waals surface area contributed by atoms with Gasteiger partial charge in [-0.05, 0) is 31.5 Å². The van der Waals surface area contributed by atoms with Gasteiger partial charge in [-0.3, -0.25) is 4.72 Å². The summed E-state index contributed by atoms with van der Waals surface area (Å²) in [6, 6.07) is 4.42. The molecule has 0 unspecified atom stereocenters. The van der Waals surface area contributed by atoms with Gasteiger partial charge in [-0.2, -0.15) is 0 Å². The number of rotatable bonds is 4. The van der Waals surface area contributed by atoms with Gasteiger partial charge in [-0.15, -0.1) is 0 Å². The van der Waals surface area contributed by atoms with Gasteiger partial charge >= 0.3 is 0 Å². The van der Waals surface area contributed by atoms with Gasteiger partial charge in [-0.1, -0.05) is 16.8 Å². The van der Waals surface area contributed by atoms with Crippen LogP contribution in [0, 0.1) is 13.8 Å². The number of nitrogens with zero attached hydrogens (tertiary/aromatic N) is 1. The van der Waals surface area contributed by atoms with E-state index in [-0.39, 0.29) is 16.5 Å². The van der Waals surface area contributed by atoms with Crippen LogP contribution in [-0.2, 0) is 10.0 Å². The number of sulfonamides is 1. The number of halogens is 1. The number of aromatic nitrogens is 1. The van der Waals surface area contributed by atoms with Crippen LogP contribution in [0.25, 0.3) is 0 Å². The molecule has 20 heavy (non-hydrogen) atoms. The van der Waals surface area contributed by atoms with E-state index in [0.29, 0.717) is 16.3 Å². The molecule has 0 aliphatic carbocycles. The first kappa shape index (κ1) is 14.7. The summed E-state index contributed by atoms with van der Waals surface area (Å²) in [5, 5.41) is 3.89. The highest BCUT2D eigenvalue weighted by atomic mass is 35.5. The highest BCUT2D eigenvalue weighted by Crippen LogP contribution is 2.32. The van der Waals surface area contributed by atoms with Crippen molar-refractivity contribution < 1.29 is 17.7 Å². The molecular weight excluding hydrogens is 304 g/mol. The lowest BCUT2D eigenvalue weighted by molar-refractivity contribution is 0.398. The Labute approximate surface area is 121 Å². The van der Waals surface area contributed by atoms with E-state index in [0.717, 1.165) is 0 Å². The van der Waals surface area contributed by atoms with Gasteiger partial charge in [0.1, 0.15) is 16.4 Å². The topological polar surface area (TPSA) is 81.4 Å². The molecule has 6 nitrogen and oxygen atoms in total. The Bertz CT molecular complexity index is 740. The molecule has 1 aromatic carbocycles. The van der Waals surface area contributed by atoms with Gasteiger partial charge in [-0.25, -0.2) is 8.42 Å². The van der Waals surface area contributed by atoms with E-state index < -0.39 is 10.0 Å². The van der Waals surface area contributed by atoms with Crippen LogP contribution in [0.2, 0.25) is 5.02 Å². The van der Waals surface area contributed by atoms with E-state index in [1.54, 1.807) is 19.9 Å². The summed E-state index contributed by atoms with van der Waals surface area (Å²) in [6.07, 6.45) is 0. The molecule has 2 aromatic rings. The number of anilines is 1. The number of ether oxygens (including phenoxy) is 1. The minimum absolute atomic E-state index is 0.0503. The molecular formula is C12H13ClN2O4S. The Kier molecular flexibility index (Phi) is 3.92. The number of benzene rings is 1. The Hall–Kier alpha value is -1.73. The number of aryl methyl sites for hydroxylation is 2. The maximum atomic E-state index is 12.4. The first-order valence-electron chi connectivity index (χ1n) is 5.64. The monoisotopic (exact) mass is 316 g/mol. The molecule has 8 heteroatoms. The van der Waals surface area contributed by atoms with Gasteiger partial charge in [0.2, 0.25) is 0 Å². The van der Waals surface area contributed by atoms with E-state index in [1.165, 1.54) is 19.2 Å². The molecule has 0 spiro atoms. The largest absolute Gasteiger partial charge is 0.495 e. The second-order valence-electron chi connectivity index (χ2n) is 4.18. The van der Waals surface area contributed by atoms with Crippen LogP contribution in [0.1, 0.15) is 11.3 Å². The number of nitrogens with one attached hydrogen (secondary N) is 1. The SMILES string of the molecule is COc1c(C)cc(Cl)cc1S(=O)(=O)Nc1cc(C)on1. The van der Waals surface area contributed by atoms with Gasteiger partial charge in [0.05, 0.1) is 7.11 Å². The van der Waals surface area contributed by atoms with E-state index in [9.17, 15) is 8.42 Å². The third kappa shape index (κ3) is 2.88. The lowest BCUT2D eigenvalue weighted by atomic mass is 10.2. The first-order chi connectivity index (χ1) is 9.33. The average molecular weight is 317 g/mol. The van der Waals surface area contributed by atoms with Crippen molar-refractivity contribution in [3.63, 3.8) is 0 Å². The summed E-state index contributed by atoms with van der Waals surface area (Å²) in [4.78, 5) is -0.0503. The number of methoxy groups -OCH3 is 1. The molecule has 0 aliphatic rings. The fourth-order valence-electron chi connectivity index (χ4n) is 1.77. The van der Waals surface area contributed by atoms with Crippen LogP contribution >= 0.6 is 11.6 Å². The van der Waals surface area contributed by atoms with E-state index in [2.05, 4.69) is 9.88 Å². The predicted molar refractivity (Wildman–Crippen MR) is 74.8 cm³/mol. The molecule has 0 fully saturated rings. The zero-order chi connectivity index (χ0) is 14.9. The smallest absolute Gasteiger partial charge is 0.266 e. The third-order valence-electron chi connectivity index (χ3n) is 2.57. The normalized spacial score (nSPS) is 11.4. The lowest BCUT2D eigenvalue weighted by Gasteiger charge is -2.12. The van der Waals surface area contributed by atoms with Gasteiger partial charge in [0.25, 0.3) is 10.0 Å². The maximum absolute atomic E-state index is 12.4. The molecule has 1 N–H and O–H groups in total. The Balaban J connectivity index is 2.49. The predicted octanol–water partition coefficient (Wildman–Crippen LogP) is 2.75. The van der Waals surface area contributed by atoms with E-state index in [4.69, 9.17) is 20.9 Å². The average Bonchev–Trinajstić information content (AvgIpc) is 2.73. The Morgan fingerprint density at radius 1 is 1.30 bits per heavy atom. The minimum Gasteiger partial charge on any atom is -0.495 e. The molecule has 0 atom stereocenters. The highest BCUT2D eigenvalue weighted by molar-refractivity contribution is 7.92. The van der Waals surface area contributed by atoms with Crippen LogP contribution in [0.3, 0.4) is 0 Å². The Morgan fingerprint density at radius 2 is 2.00 bits per heavy atom. The quantitative estimate of drug-likeness (QED) is 0.938. The lowest BCUT2D eigenvalue weighted by Crippen LogP contribution is -2.14. The van der Waals surface area contributed by atoms with Gasteiger partial charge in [0.15, 0.2) is 5.82 Å². The molecule has 0 bridgehead atoms.